The first-order chi connectivity index (χ1) is 9.27. The number of benzene rings is 1. The van der Waals surface area contributed by atoms with Crippen molar-refractivity contribution in [2.24, 2.45) is 5.73 Å². The SMILES string of the molecule is NC(=O)CN(CC(=O)O)Cc1cc(F)cc([N+](=O)[O-])c1. The molecule has 1 aromatic rings. The second-order valence-corrected chi connectivity index (χ2v) is 4.08. The zero-order valence-corrected chi connectivity index (χ0v) is 10.3. The van der Waals surface area contributed by atoms with Crippen LogP contribution in [0.5, 0.6) is 0 Å². The number of carbonyl (C=O) groups is 2. The zero-order valence-electron chi connectivity index (χ0n) is 10.3. The number of non-ortho nitro benzene ring substituents is 1. The van der Waals surface area contributed by atoms with Gasteiger partial charge in [0.1, 0.15) is 5.82 Å². The second-order valence-electron chi connectivity index (χ2n) is 4.08. The van der Waals surface area contributed by atoms with Gasteiger partial charge in [0.2, 0.25) is 5.91 Å². The quantitative estimate of drug-likeness (QED) is 0.540. The van der Waals surface area contributed by atoms with Crippen LogP contribution in [0.3, 0.4) is 0 Å². The van der Waals surface area contributed by atoms with Gasteiger partial charge in [-0.15, -0.1) is 0 Å². The van der Waals surface area contributed by atoms with Crippen molar-refractivity contribution in [3.8, 4) is 0 Å². The van der Waals surface area contributed by atoms with Crippen LogP contribution < -0.4 is 5.73 Å². The van der Waals surface area contributed by atoms with Gasteiger partial charge in [-0.1, -0.05) is 0 Å². The minimum atomic E-state index is -1.20. The average molecular weight is 285 g/mol. The molecule has 1 amide bonds. The number of nitrogens with two attached hydrogens (primary N) is 1. The molecule has 0 spiro atoms. The molecule has 9 heteroatoms. The van der Waals surface area contributed by atoms with Crippen LogP contribution in [0.15, 0.2) is 18.2 Å². The molecule has 20 heavy (non-hydrogen) atoms. The first-order valence-electron chi connectivity index (χ1n) is 5.44. The summed E-state index contributed by atoms with van der Waals surface area (Å²) < 4.78 is 13.2. The number of halogens is 1. The molecule has 0 saturated heterocycles. The Hall–Kier alpha value is -2.55. The zero-order chi connectivity index (χ0) is 15.3. The molecule has 0 heterocycles. The molecule has 0 aromatic heterocycles. The fourth-order valence-corrected chi connectivity index (χ4v) is 1.67. The van der Waals surface area contributed by atoms with Crippen molar-refractivity contribution in [2.45, 2.75) is 6.54 Å². The van der Waals surface area contributed by atoms with Crippen molar-refractivity contribution in [1.29, 1.82) is 0 Å². The van der Waals surface area contributed by atoms with E-state index in [-0.39, 0.29) is 18.7 Å². The summed E-state index contributed by atoms with van der Waals surface area (Å²) in [6, 6.07) is 2.89. The predicted octanol–water partition coefficient (Wildman–Crippen LogP) is 0.106. The number of rotatable bonds is 7. The highest BCUT2D eigenvalue weighted by molar-refractivity contribution is 5.77. The number of carboxylic acid groups (broad SMARTS) is 1. The molecule has 0 fully saturated rings. The monoisotopic (exact) mass is 285 g/mol. The van der Waals surface area contributed by atoms with E-state index in [4.69, 9.17) is 10.8 Å². The maximum absolute atomic E-state index is 13.2. The lowest BCUT2D eigenvalue weighted by molar-refractivity contribution is -0.385. The molecule has 0 saturated carbocycles. The number of carbonyl (C=O) groups excluding carboxylic acids is 1. The Morgan fingerprint density at radius 3 is 2.50 bits per heavy atom. The minimum absolute atomic E-state index is 0.145. The fraction of sp³-hybridized carbons (Fsp3) is 0.273. The molecule has 0 aliphatic rings. The van der Waals surface area contributed by atoms with Gasteiger partial charge in [-0.2, -0.15) is 0 Å². The number of nitrogens with zero attached hydrogens (tertiary/aromatic N) is 2. The Labute approximate surface area is 112 Å². The smallest absolute Gasteiger partial charge is 0.317 e. The van der Waals surface area contributed by atoms with Gasteiger partial charge in [-0.3, -0.25) is 24.6 Å². The van der Waals surface area contributed by atoms with Crippen molar-refractivity contribution in [1.82, 2.24) is 4.90 Å². The van der Waals surface area contributed by atoms with E-state index in [2.05, 4.69) is 0 Å². The van der Waals surface area contributed by atoms with Crippen molar-refractivity contribution >= 4 is 17.6 Å². The van der Waals surface area contributed by atoms with Crippen LogP contribution in [0.4, 0.5) is 10.1 Å². The topological polar surface area (TPSA) is 127 Å². The molecule has 0 radical (unpaired) electrons. The van der Waals surface area contributed by atoms with E-state index in [1.54, 1.807) is 0 Å². The fourth-order valence-electron chi connectivity index (χ4n) is 1.67. The third kappa shape index (κ3) is 4.98. The molecule has 8 nitrogen and oxygen atoms in total. The van der Waals surface area contributed by atoms with Gasteiger partial charge < -0.3 is 10.8 Å². The van der Waals surface area contributed by atoms with E-state index in [0.29, 0.717) is 0 Å². The second kappa shape index (κ2) is 6.57. The first kappa shape index (κ1) is 15.5. The molecule has 0 bridgehead atoms. The van der Waals surface area contributed by atoms with E-state index in [1.165, 1.54) is 0 Å². The van der Waals surface area contributed by atoms with Crippen LogP contribution in [-0.4, -0.2) is 39.9 Å². The lowest BCUT2D eigenvalue weighted by Gasteiger charge is -2.18. The number of hydrogen-bond acceptors (Lipinski definition) is 5. The number of amides is 1. The summed E-state index contributed by atoms with van der Waals surface area (Å²) in [6.07, 6.45) is 0. The Balaban J connectivity index is 2.94. The third-order valence-corrected chi connectivity index (χ3v) is 2.30. The maximum Gasteiger partial charge on any atom is 0.317 e. The van der Waals surface area contributed by atoms with Crippen LogP contribution >= 0.6 is 0 Å². The van der Waals surface area contributed by atoms with Crippen LogP contribution in [0.25, 0.3) is 0 Å². The van der Waals surface area contributed by atoms with Gasteiger partial charge >= 0.3 is 5.97 Å². The van der Waals surface area contributed by atoms with Gasteiger partial charge in [0.15, 0.2) is 0 Å². The number of aliphatic carboxylic acids is 1. The summed E-state index contributed by atoms with van der Waals surface area (Å²) >= 11 is 0. The van der Waals surface area contributed by atoms with E-state index < -0.39 is 34.8 Å². The first-order valence-corrected chi connectivity index (χ1v) is 5.44. The summed E-state index contributed by atoms with van der Waals surface area (Å²) in [5, 5.41) is 19.3. The van der Waals surface area contributed by atoms with Gasteiger partial charge in [-0.25, -0.2) is 4.39 Å². The average Bonchev–Trinajstić information content (AvgIpc) is 2.25. The largest absolute Gasteiger partial charge is 0.480 e. The highest BCUT2D eigenvalue weighted by Crippen LogP contribution is 2.17. The lowest BCUT2D eigenvalue weighted by atomic mass is 10.2. The number of carboxylic acids is 1. The molecule has 108 valence electrons. The van der Waals surface area contributed by atoms with E-state index in [9.17, 15) is 24.1 Å². The lowest BCUT2D eigenvalue weighted by Crippen LogP contribution is -2.36. The van der Waals surface area contributed by atoms with Crippen molar-refractivity contribution in [3.63, 3.8) is 0 Å². The Kier molecular flexibility index (Phi) is 5.09. The molecule has 0 unspecified atom stereocenters. The van der Waals surface area contributed by atoms with Crippen LogP contribution in [0, 0.1) is 15.9 Å². The van der Waals surface area contributed by atoms with Gasteiger partial charge in [0, 0.05) is 12.6 Å². The van der Waals surface area contributed by atoms with E-state index in [0.717, 1.165) is 23.1 Å². The minimum Gasteiger partial charge on any atom is -0.480 e. The van der Waals surface area contributed by atoms with E-state index in [1.807, 2.05) is 0 Å². The van der Waals surface area contributed by atoms with Crippen LogP contribution in [-0.2, 0) is 16.1 Å². The normalized spacial score (nSPS) is 10.5. The van der Waals surface area contributed by atoms with Crippen LogP contribution in [0.2, 0.25) is 0 Å². The van der Waals surface area contributed by atoms with Crippen LogP contribution in [0.1, 0.15) is 5.56 Å². The Morgan fingerprint density at radius 2 is 2.00 bits per heavy atom. The maximum atomic E-state index is 13.2. The van der Waals surface area contributed by atoms with Gasteiger partial charge in [0.05, 0.1) is 24.1 Å². The van der Waals surface area contributed by atoms with E-state index >= 15 is 0 Å². The highest BCUT2D eigenvalue weighted by atomic mass is 19.1. The van der Waals surface area contributed by atoms with Gasteiger partial charge in [-0.05, 0) is 11.6 Å². The Bertz CT molecular complexity index is 533. The third-order valence-electron chi connectivity index (χ3n) is 2.30. The summed E-state index contributed by atoms with van der Waals surface area (Å²) in [7, 11) is 0. The number of hydrogen-bond donors (Lipinski definition) is 2. The molecule has 0 aliphatic carbocycles. The molecular formula is C11H12FN3O5. The highest BCUT2D eigenvalue weighted by Gasteiger charge is 2.16. The number of primary amides is 1. The summed E-state index contributed by atoms with van der Waals surface area (Å²) in [5.74, 6) is -2.77. The predicted molar refractivity (Wildman–Crippen MR) is 65.2 cm³/mol. The standard InChI is InChI=1S/C11H12FN3O5/c12-8-1-7(2-9(3-8)15(19)20)4-14(5-10(13)16)6-11(17)18/h1-3H,4-6H2,(H2,13,16)(H,17,18). The molecule has 0 atom stereocenters. The van der Waals surface area contributed by atoms with Crippen molar-refractivity contribution in [2.75, 3.05) is 13.1 Å². The molecule has 1 rings (SSSR count). The Morgan fingerprint density at radius 1 is 1.35 bits per heavy atom. The summed E-state index contributed by atoms with van der Waals surface area (Å²) in [5.41, 5.74) is 4.71. The molecule has 1 aromatic carbocycles. The van der Waals surface area contributed by atoms with Gasteiger partial charge in [0.25, 0.3) is 5.69 Å². The number of nitro groups is 1. The molecule has 3 N–H and O–H groups in total. The number of nitro benzene ring substituents is 1. The summed E-state index contributed by atoms with van der Waals surface area (Å²) in [4.78, 5) is 32.5. The molecular weight excluding hydrogens is 273 g/mol. The van der Waals surface area contributed by atoms with Crippen molar-refractivity contribution in [3.05, 3.63) is 39.7 Å². The summed E-state index contributed by atoms with van der Waals surface area (Å²) in [6.45, 7) is -0.988. The molecule has 0 aliphatic heterocycles. The van der Waals surface area contributed by atoms with Crippen molar-refractivity contribution < 1.29 is 24.0 Å².